The highest BCUT2D eigenvalue weighted by atomic mass is 16.8. The van der Waals surface area contributed by atoms with Crippen molar-refractivity contribution in [2.45, 2.75) is 290 Å². The van der Waals surface area contributed by atoms with Gasteiger partial charge in [0.15, 0.2) is 56.6 Å². The fraction of sp³-hybridized carbons (Fsp3) is 0.966. The predicted molar refractivity (Wildman–Crippen MR) is 320 cm³/mol. The molecule has 0 bridgehead atoms. The van der Waals surface area contributed by atoms with Crippen LogP contribution in [0, 0.1) is 0 Å². The molecule has 0 unspecified atom stereocenters. The lowest BCUT2D eigenvalue weighted by atomic mass is 9.94. The van der Waals surface area contributed by atoms with Crippen molar-refractivity contribution in [2.75, 3.05) is 59.5 Å². The lowest BCUT2D eigenvalue weighted by Crippen LogP contribution is -2.70. The largest absolute Gasteiger partial charge is 0.394 e. The average Bonchev–Trinajstić information content (AvgIpc) is 0.763. The molecule has 0 aliphatic carbocycles. The van der Waals surface area contributed by atoms with Gasteiger partial charge in [-0.2, -0.15) is 0 Å². The molecule has 9 aliphatic rings. The molecular formula is C58H98N2O46. The number of carbonyl (C=O) groups excluding carboxylic acids is 2. The highest BCUT2D eigenvalue weighted by Crippen LogP contribution is 2.39. The summed E-state index contributed by atoms with van der Waals surface area (Å²) in [5.41, 5.74) is 0. The molecule has 106 heavy (non-hydrogen) atoms. The van der Waals surface area contributed by atoms with Crippen LogP contribution in [0.1, 0.15) is 13.8 Å². The topological polar surface area (TPSA) is 761 Å². The first-order valence-corrected chi connectivity index (χ1v) is 33.7. The monoisotopic (exact) mass is 1560 g/mol. The van der Waals surface area contributed by atoms with Gasteiger partial charge in [-0.15, -0.1) is 0 Å². The summed E-state index contributed by atoms with van der Waals surface area (Å²) in [5.74, 6) is -1.72. The van der Waals surface area contributed by atoms with Gasteiger partial charge in [-0.1, -0.05) is 0 Å². The molecule has 0 aromatic heterocycles. The molecule has 0 aromatic rings. The summed E-state index contributed by atoms with van der Waals surface area (Å²) in [5, 5.41) is 301. The number of ether oxygens (including phenoxy) is 17. The zero-order chi connectivity index (χ0) is 77.9. The Labute approximate surface area is 598 Å². The molecule has 0 radical (unpaired) electrons. The number of rotatable bonds is 27. The van der Waals surface area contributed by atoms with Crippen molar-refractivity contribution in [2.24, 2.45) is 0 Å². The average molecular weight is 1560 g/mol. The number of aliphatic hydroxyl groups excluding tert-OH is 27. The molecule has 2 amide bonds. The van der Waals surface area contributed by atoms with E-state index in [9.17, 15) is 147 Å². The van der Waals surface area contributed by atoms with E-state index in [1.54, 1.807) is 0 Å². The van der Waals surface area contributed by atoms with E-state index in [-0.39, 0.29) is 0 Å². The molecule has 9 fully saturated rings. The Morgan fingerprint density at radius 3 is 0.906 bits per heavy atom. The fourth-order valence-corrected chi connectivity index (χ4v) is 13.5. The van der Waals surface area contributed by atoms with Crippen LogP contribution in [0.2, 0.25) is 0 Å². The molecule has 0 spiro atoms. The molecule has 9 rings (SSSR count). The molecule has 29 N–H and O–H groups in total. The third kappa shape index (κ3) is 18.7. The van der Waals surface area contributed by atoms with Gasteiger partial charge in [0.05, 0.1) is 59.5 Å². The summed E-state index contributed by atoms with van der Waals surface area (Å²) in [7, 11) is 0. The summed E-state index contributed by atoms with van der Waals surface area (Å²) in [6.45, 7) is -7.77. The number of aliphatic hydroxyl groups is 27. The number of nitrogens with one attached hydrogen (secondary N) is 2. The molecule has 9 saturated heterocycles. The Morgan fingerprint density at radius 2 is 0.509 bits per heavy atom. The number of hydrogen-bond acceptors (Lipinski definition) is 46. The Hall–Kier alpha value is -2.82. The minimum absolute atomic E-state index is 0.785. The van der Waals surface area contributed by atoms with Crippen molar-refractivity contribution in [3.8, 4) is 0 Å². The number of amides is 2. The van der Waals surface area contributed by atoms with Crippen molar-refractivity contribution in [3.05, 3.63) is 0 Å². The second-order valence-corrected chi connectivity index (χ2v) is 26.7. The van der Waals surface area contributed by atoms with Crippen LogP contribution in [0.25, 0.3) is 0 Å². The van der Waals surface area contributed by atoms with Gasteiger partial charge in [0.1, 0.15) is 220 Å². The third-order valence-electron chi connectivity index (χ3n) is 19.5. The number of hydrogen-bond donors (Lipinski definition) is 29. The Bertz CT molecular complexity index is 2710. The molecule has 48 heteroatoms. The van der Waals surface area contributed by atoms with E-state index in [1.165, 1.54) is 0 Å². The van der Waals surface area contributed by atoms with Crippen LogP contribution in [0.4, 0.5) is 0 Å². The molecule has 616 valence electrons. The second kappa shape index (κ2) is 37.9. The van der Waals surface area contributed by atoms with E-state index in [0.717, 1.165) is 13.8 Å². The number of carbonyl (C=O) groups is 2. The van der Waals surface area contributed by atoms with Crippen LogP contribution >= 0.6 is 0 Å². The van der Waals surface area contributed by atoms with Gasteiger partial charge in [-0.05, 0) is 0 Å². The van der Waals surface area contributed by atoms with Gasteiger partial charge < -0.3 is 229 Å². The van der Waals surface area contributed by atoms with E-state index in [0.29, 0.717) is 0 Å². The van der Waals surface area contributed by atoms with Gasteiger partial charge in [-0.25, -0.2) is 0 Å². The first kappa shape index (κ1) is 87.2. The first-order valence-electron chi connectivity index (χ1n) is 33.7. The predicted octanol–water partition coefficient (Wildman–Crippen LogP) is -20.3. The van der Waals surface area contributed by atoms with Crippen LogP contribution in [-0.2, 0) is 90.1 Å². The molecule has 0 aromatic carbocycles. The normalized spacial score (nSPS) is 51.2. The van der Waals surface area contributed by atoms with Crippen LogP contribution in [-0.4, -0.2) is 485 Å². The summed E-state index contributed by atoms with van der Waals surface area (Å²) in [6, 6.07) is -3.56. The van der Waals surface area contributed by atoms with Crippen molar-refractivity contribution in [1.82, 2.24) is 10.6 Å². The van der Waals surface area contributed by atoms with Gasteiger partial charge in [0, 0.05) is 13.8 Å². The van der Waals surface area contributed by atoms with Gasteiger partial charge >= 0.3 is 0 Å². The molecular weight excluding hydrogens is 1460 g/mol. The van der Waals surface area contributed by atoms with E-state index in [1.807, 2.05) is 0 Å². The standard InChI is InChI=1S/C58H98N2O46/c1-12(68)59-23-32(77)44(19(8-66)92-50(23)89)101-51-24(60-13(2)69)33(78)45(20(9-67)98-51)102-56-43(88)47(104-58-49(38(83)29(74)18(7-65)97-58)106-55-41(86)36(81)27(72)16(5-63)95-55)31(76)22(100-56)11-91-53-42(87)46(30(75)21(99-53)10-90-52-39(84)34(79)25(70)14(3-61)93-52)103-57-48(37(82)28(73)17(6-64)96-57)105-54-40(85)35(80)26(71)15(4-62)94-54/h14-58,61-67,70-89H,3-11H2,1-2H3,(H,59,68)(H,60,69)/t14-,15-,16-,17-,18-,19-,20-,21-,22-,23-,24-,25-,26-,27-,28-,29-,30-,31-,32-,33-,34+,35+,36+,37+,38+,39+,40+,41-,42+,43+,44-,45-,46+,47+,48+,49+,50-,51+,52+,53+,54-,55-,56+,57-,58-/m1/s1. The van der Waals surface area contributed by atoms with E-state index >= 15 is 0 Å². The first-order chi connectivity index (χ1) is 50.2. The van der Waals surface area contributed by atoms with E-state index in [2.05, 4.69) is 10.6 Å². The lowest BCUT2D eigenvalue weighted by molar-refractivity contribution is -0.401. The van der Waals surface area contributed by atoms with Crippen LogP contribution in [0.5, 0.6) is 0 Å². The maximum Gasteiger partial charge on any atom is 0.217 e. The second-order valence-electron chi connectivity index (χ2n) is 26.7. The minimum atomic E-state index is -2.55. The van der Waals surface area contributed by atoms with Crippen molar-refractivity contribution in [3.63, 3.8) is 0 Å². The Kier molecular flexibility index (Phi) is 31.1. The van der Waals surface area contributed by atoms with Crippen molar-refractivity contribution < 1.29 is 228 Å². The quantitative estimate of drug-likeness (QED) is 0.0363. The highest BCUT2D eigenvalue weighted by molar-refractivity contribution is 5.73. The molecule has 48 nitrogen and oxygen atoms in total. The highest BCUT2D eigenvalue weighted by Gasteiger charge is 2.60. The lowest BCUT2D eigenvalue weighted by Gasteiger charge is -2.51. The fourth-order valence-electron chi connectivity index (χ4n) is 13.5. The smallest absolute Gasteiger partial charge is 0.217 e. The zero-order valence-corrected chi connectivity index (χ0v) is 56.2. The SMILES string of the molecule is CC(=O)N[C@@H]1[C@@H](O)[C@H](O[C@@H]2O[C@H](CO)[C@@H](O[C@@H]3O[C@H](CO[C@H]4O[C@H](CO[C@H]5O[C@H](CO)[C@@H](O)[C@H](O)[C@@H]5O)[C@@H](O)[C@H](O[C@H]5O[C@H](CO)[C@@H](O)[C@H](O)[C@@H]5O[C@H]5O[C@H](CO)[C@@H](O)[C@H](O)[C@@H]5O)[C@@H]4O)[C@@H](O)[C@H](O[C@H]4O[C@H](CO)[C@@H](O)[C@H](O)[C@@H]4O[C@H]4O[C@H](CO)[C@@H](O)[C@H](O)[C@H]4O)[C@@H]3O)[C@H](O)[C@H]2NC(C)=O)[C@@H](CO)O[C@H]1O. The van der Waals surface area contributed by atoms with Crippen LogP contribution in [0.15, 0.2) is 0 Å². The van der Waals surface area contributed by atoms with Gasteiger partial charge in [0.2, 0.25) is 11.8 Å². The zero-order valence-electron chi connectivity index (χ0n) is 56.2. The summed E-state index contributed by atoms with van der Waals surface area (Å²) < 4.78 is 98.9. The molecule has 45 atom stereocenters. The van der Waals surface area contributed by atoms with E-state index < -0.39 is 348 Å². The maximum absolute atomic E-state index is 12.9. The van der Waals surface area contributed by atoms with Crippen LogP contribution < -0.4 is 10.6 Å². The third-order valence-corrected chi connectivity index (χ3v) is 19.5. The summed E-state index contributed by atoms with van der Waals surface area (Å²) in [6.07, 6.45) is -90.8. The van der Waals surface area contributed by atoms with E-state index in [4.69, 9.17) is 80.5 Å². The molecule has 9 heterocycles. The molecule has 9 aliphatic heterocycles. The molecule has 0 saturated carbocycles. The maximum atomic E-state index is 12.9. The summed E-state index contributed by atoms with van der Waals surface area (Å²) >= 11 is 0. The Balaban J connectivity index is 1.06. The Morgan fingerprint density at radius 1 is 0.245 bits per heavy atom. The van der Waals surface area contributed by atoms with Crippen molar-refractivity contribution in [1.29, 1.82) is 0 Å². The van der Waals surface area contributed by atoms with Crippen LogP contribution in [0.3, 0.4) is 0 Å². The van der Waals surface area contributed by atoms with Gasteiger partial charge in [-0.3, -0.25) is 9.59 Å². The van der Waals surface area contributed by atoms with Crippen molar-refractivity contribution >= 4 is 11.8 Å². The summed E-state index contributed by atoms with van der Waals surface area (Å²) in [4.78, 5) is 25.0. The minimum Gasteiger partial charge on any atom is -0.394 e. The van der Waals surface area contributed by atoms with Gasteiger partial charge in [0.25, 0.3) is 0 Å².